The molecule has 4 heteroatoms. The van der Waals surface area contributed by atoms with Crippen molar-refractivity contribution < 1.29 is 4.79 Å². The van der Waals surface area contributed by atoms with Crippen molar-refractivity contribution in [3.05, 3.63) is 91.8 Å². The van der Waals surface area contributed by atoms with E-state index < -0.39 is 0 Å². The summed E-state index contributed by atoms with van der Waals surface area (Å²) in [5.74, 6) is 0.173. The van der Waals surface area contributed by atoms with Gasteiger partial charge in [-0.25, -0.2) is 0 Å². The van der Waals surface area contributed by atoms with Crippen molar-refractivity contribution in [2.24, 2.45) is 0 Å². The van der Waals surface area contributed by atoms with Crippen LogP contribution in [0.25, 0.3) is 12.2 Å². The number of nitrogens with zero attached hydrogens (tertiary/aromatic N) is 1. The SMILES string of the molecule is O=C1/C(=C\c2ccsc2)CN(Cc2ccccc2)C/C1=C\c1ccsc1. The van der Waals surface area contributed by atoms with E-state index in [4.69, 9.17) is 0 Å². The van der Waals surface area contributed by atoms with Crippen molar-refractivity contribution in [1.29, 1.82) is 0 Å². The smallest absolute Gasteiger partial charge is 0.187 e. The summed E-state index contributed by atoms with van der Waals surface area (Å²) in [5, 5.41) is 8.25. The van der Waals surface area contributed by atoms with Crippen LogP contribution in [0.3, 0.4) is 0 Å². The summed E-state index contributed by atoms with van der Waals surface area (Å²) in [5.41, 5.74) is 5.22. The van der Waals surface area contributed by atoms with E-state index in [0.717, 1.165) is 28.8 Å². The van der Waals surface area contributed by atoms with Crippen LogP contribution in [0, 0.1) is 0 Å². The van der Waals surface area contributed by atoms with Gasteiger partial charge in [0.25, 0.3) is 0 Å². The first-order valence-electron chi connectivity index (χ1n) is 8.54. The van der Waals surface area contributed by atoms with E-state index in [9.17, 15) is 4.79 Å². The van der Waals surface area contributed by atoms with Crippen molar-refractivity contribution >= 4 is 40.6 Å². The summed E-state index contributed by atoms with van der Waals surface area (Å²) >= 11 is 3.31. The summed E-state index contributed by atoms with van der Waals surface area (Å²) in [6.07, 6.45) is 4.08. The quantitative estimate of drug-likeness (QED) is 0.570. The van der Waals surface area contributed by atoms with Crippen molar-refractivity contribution in [2.45, 2.75) is 6.54 Å². The molecule has 0 unspecified atom stereocenters. The molecule has 0 bridgehead atoms. The zero-order valence-corrected chi connectivity index (χ0v) is 15.9. The van der Waals surface area contributed by atoms with E-state index >= 15 is 0 Å². The van der Waals surface area contributed by atoms with Gasteiger partial charge in [0.05, 0.1) is 0 Å². The van der Waals surface area contributed by atoms with Crippen molar-refractivity contribution in [3.8, 4) is 0 Å². The minimum absolute atomic E-state index is 0.173. The van der Waals surface area contributed by atoms with Crippen LogP contribution in [0.15, 0.2) is 75.1 Å². The Morgan fingerprint density at radius 1 is 0.846 bits per heavy atom. The molecule has 1 aliphatic heterocycles. The molecule has 0 amide bonds. The minimum Gasteiger partial charge on any atom is -0.290 e. The highest BCUT2D eigenvalue weighted by Gasteiger charge is 2.26. The van der Waals surface area contributed by atoms with Crippen LogP contribution in [0.1, 0.15) is 16.7 Å². The third kappa shape index (κ3) is 4.10. The molecule has 0 aliphatic carbocycles. The van der Waals surface area contributed by atoms with Gasteiger partial charge in [-0.2, -0.15) is 22.7 Å². The van der Waals surface area contributed by atoms with E-state index in [-0.39, 0.29) is 5.78 Å². The highest BCUT2D eigenvalue weighted by atomic mass is 32.1. The lowest BCUT2D eigenvalue weighted by molar-refractivity contribution is -0.113. The van der Waals surface area contributed by atoms with E-state index in [1.54, 1.807) is 22.7 Å². The monoisotopic (exact) mass is 377 g/mol. The molecular weight excluding hydrogens is 358 g/mol. The van der Waals surface area contributed by atoms with Gasteiger partial charge in [0.1, 0.15) is 0 Å². The Hall–Kier alpha value is -2.27. The number of piperidine rings is 1. The maximum Gasteiger partial charge on any atom is 0.187 e. The van der Waals surface area contributed by atoms with Crippen LogP contribution in [0.5, 0.6) is 0 Å². The molecule has 130 valence electrons. The summed E-state index contributed by atoms with van der Waals surface area (Å²) in [4.78, 5) is 15.4. The number of benzene rings is 1. The number of carbonyl (C=O) groups is 1. The minimum atomic E-state index is 0.173. The first-order valence-corrected chi connectivity index (χ1v) is 10.4. The molecule has 3 heterocycles. The summed E-state index contributed by atoms with van der Waals surface area (Å²) in [6, 6.07) is 14.6. The summed E-state index contributed by atoms with van der Waals surface area (Å²) < 4.78 is 0. The average molecular weight is 378 g/mol. The van der Waals surface area contributed by atoms with E-state index in [1.807, 2.05) is 29.0 Å². The molecule has 0 N–H and O–H groups in total. The Kier molecular flexibility index (Phi) is 5.25. The van der Waals surface area contributed by atoms with Crippen LogP contribution in [-0.4, -0.2) is 23.8 Å². The first-order chi connectivity index (χ1) is 12.8. The number of thiophene rings is 2. The van der Waals surface area contributed by atoms with Crippen LogP contribution in [-0.2, 0) is 11.3 Å². The van der Waals surface area contributed by atoms with E-state index in [1.165, 1.54) is 5.56 Å². The fourth-order valence-electron chi connectivity index (χ4n) is 3.18. The predicted molar refractivity (Wildman–Crippen MR) is 111 cm³/mol. The summed E-state index contributed by atoms with van der Waals surface area (Å²) in [6.45, 7) is 2.21. The van der Waals surface area contributed by atoms with Gasteiger partial charge >= 0.3 is 0 Å². The van der Waals surface area contributed by atoms with Gasteiger partial charge in [-0.1, -0.05) is 30.3 Å². The Balaban J connectivity index is 1.64. The molecule has 26 heavy (non-hydrogen) atoms. The van der Waals surface area contributed by atoms with Crippen LogP contribution in [0.2, 0.25) is 0 Å². The number of Topliss-reactive ketones (excluding diaryl/α,β-unsaturated/α-hetero) is 1. The second kappa shape index (κ2) is 7.96. The Bertz CT molecular complexity index is 866. The number of carbonyl (C=O) groups excluding carboxylic acids is 1. The molecule has 0 spiro atoms. The molecule has 4 rings (SSSR count). The van der Waals surface area contributed by atoms with Gasteiger partial charge in [0.15, 0.2) is 5.78 Å². The van der Waals surface area contributed by atoms with E-state index in [0.29, 0.717) is 13.1 Å². The maximum atomic E-state index is 13.0. The maximum absolute atomic E-state index is 13.0. The molecule has 1 saturated heterocycles. The zero-order chi connectivity index (χ0) is 17.8. The molecule has 0 atom stereocenters. The van der Waals surface area contributed by atoms with Crippen LogP contribution >= 0.6 is 22.7 Å². The highest BCUT2D eigenvalue weighted by Crippen LogP contribution is 2.24. The number of rotatable bonds is 4. The number of hydrogen-bond acceptors (Lipinski definition) is 4. The lowest BCUT2D eigenvalue weighted by Crippen LogP contribution is -2.37. The topological polar surface area (TPSA) is 20.3 Å². The predicted octanol–water partition coefficient (Wildman–Crippen LogP) is 5.36. The molecule has 0 radical (unpaired) electrons. The molecule has 2 nitrogen and oxygen atoms in total. The second-order valence-corrected chi connectivity index (χ2v) is 7.97. The Morgan fingerprint density at radius 3 is 1.92 bits per heavy atom. The van der Waals surface area contributed by atoms with Gasteiger partial charge in [0, 0.05) is 30.8 Å². The molecule has 1 aliphatic rings. The third-order valence-corrected chi connectivity index (χ3v) is 5.79. The summed E-state index contributed by atoms with van der Waals surface area (Å²) in [7, 11) is 0. The fraction of sp³-hybridized carbons (Fsp3) is 0.136. The van der Waals surface area contributed by atoms with Gasteiger partial charge < -0.3 is 0 Å². The average Bonchev–Trinajstić information content (AvgIpc) is 3.34. The molecular formula is C22H19NOS2. The molecule has 1 aromatic carbocycles. The van der Waals surface area contributed by atoms with Gasteiger partial charge in [-0.3, -0.25) is 9.69 Å². The Morgan fingerprint density at radius 2 is 1.42 bits per heavy atom. The van der Waals surface area contributed by atoms with E-state index in [2.05, 4.69) is 52.1 Å². The zero-order valence-electron chi connectivity index (χ0n) is 14.3. The van der Waals surface area contributed by atoms with Gasteiger partial charge in [-0.15, -0.1) is 0 Å². The second-order valence-electron chi connectivity index (χ2n) is 6.41. The van der Waals surface area contributed by atoms with Crippen molar-refractivity contribution in [1.82, 2.24) is 4.90 Å². The number of likely N-dealkylation sites (tertiary alicyclic amines) is 1. The largest absolute Gasteiger partial charge is 0.290 e. The fourth-order valence-corrected chi connectivity index (χ4v) is 4.42. The number of hydrogen-bond donors (Lipinski definition) is 0. The van der Waals surface area contributed by atoms with Gasteiger partial charge in [-0.05, 0) is 62.5 Å². The normalized spacial score (nSPS) is 18.7. The molecule has 0 saturated carbocycles. The van der Waals surface area contributed by atoms with Crippen molar-refractivity contribution in [2.75, 3.05) is 13.1 Å². The lowest BCUT2D eigenvalue weighted by atomic mass is 9.94. The van der Waals surface area contributed by atoms with Crippen LogP contribution in [0.4, 0.5) is 0 Å². The first kappa shape index (κ1) is 17.2. The van der Waals surface area contributed by atoms with Crippen molar-refractivity contribution in [3.63, 3.8) is 0 Å². The molecule has 2 aromatic heterocycles. The number of ketones is 1. The standard InChI is InChI=1S/C22H19NOS2/c24-22-20(10-18-6-8-25-15-18)13-23(12-17-4-2-1-3-5-17)14-21(22)11-19-7-9-26-16-19/h1-11,15-16H,12-14H2/b20-10-,21-11+. The van der Waals surface area contributed by atoms with Gasteiger partial charge in [0.2, 0.25) is 0 Å². The third-order valence-electron chi connectivity index (χ3n) is 4.39. The highest BCUT2D eigenvalue weighted by molar-refractivity contribution is 7.08. The molecule has 3 aromatic rings. The lowest BCUT2D eigenvalue weighted by Gasteiger charge is -2.29. The van der Waals surface area contributed by atoms with Crippen LogP contribution < -0.4 is 0 Å². The Labute approximate surface area is 161 Å². The molecule has 1 fully saturated rings.